The molecule has 0 bridgehead atoms. The number of likely N-dealkylation sites (N-methyl/N-ethyl adjacent to an activating group) is 1. The Morgan fingerprint density at radius 3 is 2.25 bits per heavy atom. The lowest BCUT2D eigenvalue weighted by Crippen LogP contribution is -2.71. The second-order valence-electron chi connectivity index (χ2n) is 3.86. The third-order valence-corrected chi connectivity index (χ3v) is 3.72. The van der Waals surface area contributed by atoms with Gasteiger partial charge in [-0.05, 0) is 0 Å². The number of carboxylic acids is 1. The minimum atomic E-state index is -5.22. The number of nitrogens with zero attached hydrogens (tertiary/aromatic N) is 1. The number of rotatable bonds is 6. The second-order valence-corrected chi connectivity index (χ2v) is 5.38. The summed E-state index contributed by atoms with van der Waals surface area (Å²) in [5.41, 5.74) is 0. The number of hydrogen-bond acceptors (Lipinski definition) is 5. The van der Waals surface area contributed by atoms with Gasteiger partial charge in [-0.3, -0.25) is 9.04 Å². The van der Waals surface area contributed by atoms with E-state index in [0.29, 0.717) is 0 Å². The van der Waals surface area contributed by atoms with E-state index in [9.17, 15) is 23.4 Å². The molecule has 0 radical (unpaired) electrons. The third kappa shape index (κ3) is 2.40. The van der Waals surface area contributed by atoms with E-state index >= 15 is 0 Å². The molecule has 2 N–H and O–H groups in total. The number of carbonyl (C=O) groups excluding carboxylic acids is 1. The van der Waals surface area contributed by atoms with Crippen molar-refractivity contribution in [3.05, 3.63) is 12.7 Å². The van der Waals surface area contributed by atoms with E-state index in [4.69, 9.17) is 4.55 Å². The van der Waals surface area contributed by atoms with Crippen molar-refractivity contribution in [2.24, 2.45) is 0 Å². The maximum Gasteiger partial charge on any atom is 0.370 e. The lowest BCUT2D eigenvalue weighted by atomic mass is 10.3. The average Bonchev–Trinajstić information content (AvgIpc) is 2.11. The Morgan fingerprint density at radius 1 is 1.56 bits per heavy atom. The molecule has 0 rings (SSSR count). The average molecular weight is 253 g/mol. The van der Waals surface area contributed by atoms with Crippen molar-refractivity contribution in [3.8, 4) is 0 Å². The summed E-state index contributed by atoms with van der Waals surface area (Å²) in [6, 6.07) is 0. The van der Waals surface area contributed by atoms with Gasteiger partial charge in [0.05, 0.1) is 20.6 Å². The maximum atomic E-state index is 10.9. The maximum absolute atomic E-state index is 10.9. The Kier molecular flexibility index (Phi) is 4.23. The van der Waals surface area contributed by atoms with Crippen LogP contribution in [0.2, 0.25) is 0 Å². The molecule has 0 spiro atoms. The first-order valence-corrected chi connectivity index (χ1v) is 5.79. The van der Waals surface area contributed by atoms with Gasteiger partial charge in [0.15, 0.2) is 5.97 Å². The highest BCUT2D eigenvalue weighted by atomic mass is 32.2. The number of aliphatic carboxylic acids is 1. The zero-order valence-electron chi connectivity index (χ0n) is 9.08. The van der Waals surface area contributed by atoms with Crippen molar-refractivity contribution < 1.29 is 32.5 Å². The lowest BCUT2D eigenvalue weighted by Gasteiger charge is -2.41. The zero-order chi connectivity index (χ0) is 13.2. The Labute approximate surface area is 94.0 Å². The smallest absolute Gasteiger partial charge is 0.370 e. The highest BCUT2D eigenvalue weighted by Crippen LogP contribution is 2.23. The fourth-order valence-electron chi connectivity index (χ4n) is 1.23. The van der Waals surface area contributed by atoms with E-state index in [0.717, 1.165) is 14.1 Å². The first-order chi connectivity index (χ1) is 7.00. The summed E-state index contributed by atoms with van der Waals surface area (Å²) in [4.78, 5) is 10.7. The Balaban J connectivity index is 5.54. The topological polar surface area (TPSA) is 115 Å². The number of quaternary nitrogens is 1. The van der Waals surface area contributed by atoms with Crippen LogP contribution < -0.4 is 5.11 Å². The van der Waals surface area contributed by atoms with Crippen molar-refractivity contribution in [2.75, 3.05) is 20.6 Å². The molecular weight excluding hydrogens is 238 g/mol. The van der Waals surface area contributed by atoms with Crippen LogP contribution in [-0.4, -0.2) is 54.2 Å². The molecule has 0 saturated heterocycles. The van der Waals surface area contributed by atoms with E-state index < -0.39 is 25.6 Å². The summed E-state index contributed by atoms with van der Waals surface area (Å²) >= 11 is 0. The van der Waals surface area contributed by atoms with Gasteiger partial charge in [-0.1, -0.05) is 6.08 Å². The van der Waals surface area contributed by atoms with E-state index in [1.165, 1.54) is 6.08 Å². The molecule has 0 fully saturated rings. The molecule has 0 aromatic rings. The van der Waals surface area contributed by atoms with Gasteiger partial charge in [0.2, 0.25) is 0 Å². The van der Waals surface area contributed by atoms with Gasteiger partial charge < -0.3 is 15.0 Å². The SMILES string of the molecule is C=CCC[N+](C)(C)C(O)(C(=O)[O-])S(=O)(=O)O. The second kappa shape index (κ2) is 4.50. The number of aliphatic hydroxyl groups is 1. The van der Waals surface area contributed by atoms with E-state index in [2.05, 4.69) is 6.58 Å². The minimum Gasteiger partial charge on any atom is -0.541 e. The van der Waals surface area contributed by atoms with Gasteiger partial charge in [0, 0.05) is 6.42 Å². The quantitative estimate of drug-likeness (QED) is 0.243. The molecule has 7 nitrogen and oxygen atoms in total. The van der Waals surface area contributed by atoms with Crippen LogP contribution in [0.4, 0.5) is 0 Å². The minimum absolute atomic E-state index is 0.0478. The van der Waals surface area contributed by atoms with Crippen LogP contribution >= 0.6 is 0 Å². The van der Waals surface area contributed by atoms with Gasteiger partial charge in [0.25, 0.3) is 0 Å². The molecule has 0 heterocycles. The monoisotopic (exact) mass is 253 g/mol. The van der Waals surface area contributed by atoms with E-state index in [1.807, 2.05) is 0 Å². The molecule has 16 heavy (non-hydrogen) atoms. The molecule has 0 aliphatic carbocycles. The molecule has 0 aliphatic rings. The van der Waals surface area contributed by atoms with Crippen molar-refractivity contribution in [1.29, 1.82) is 0 Å². The van der Waals surface area contributed by atoms with Gasteiger partial charge in [-0.2, -0.15) is 8.42 Å². The molecule has 1 atom stereocenters. The van der Waals surface area contributed by atoms with Crippen molar-refractivity contribution in [3.63, 3.8) is 0 Å². The molecule has 8 heteroatoms. The van der Waals surface area contributed by atoms with Gasteiger partial charge in [0.1, 0.15) is 0 Å². The molecule has 0 aromatic heterocycles. The predicted molar refractivity (Wildman–Crippen MR) is 53.3 cm³/mol. The van der Waals surface area contributed by atoms with Crippen LogP contribution in [0.1, 0.15) is 6.42 Å². The fourth-order valence-corrected chi connectivity index (χ4v) is 2.16. The largest absolute Gasteiger partial charge is 0.541 e. The molecule has 0 aliphatic heterocycles. The van der Waals surface area contributed by atoms with Crippen LogP contribution in [0.5, 0.6) is 0 Å². The Morgan fingerprint density at radius 2 is 2.00 bits per heavy atom. The van der Waals surface area contributed by atoms with Gasteiger partial charge in [-0.25, -0.2) is 0 Å². The summed E-state index contributed by atoms with van der Waals surface area (Å²) in [7, 11) is -2.93. The standard InChI is InChI=1S/C8H15NO6S/c1-4-5-6-9(2,3)8(12,7(10)11)16(13,14)15/h4,12H,1,5-6H2,2-3H3,(H-,10,11,13,14,15). The summed E-state index contributed by atoms with van der Waals surface area (Å²) in [6.45, 7) is 3.34. The first-order valence-electron chi connectivity index (χ1n) is 4.35. The summed E-state index contributed by atoms with van der Waals surface area (Å²) in [5, 5.41) is 17.0. The van der Waals surface area contributed by atoms with Crippen molar-refractivity contribution >= 4 is 16.1 Å². The summed E-state index contributed by atoms with van der Waals surface area (Å²) < 4.78 is 29.8. The van der Waals surface area contributed by atoms with Gasteiger partial charge in [-0.15, -0.1) is 6.58 Å². The Bertz CT molecular complexity index is 387. The lowest BCUT2D eigenvalue weighted by molar-refractivity contribution is -0.941. The van der Waals surface area contributed by atoms with Crippen LogP contribution in [0, 0.1) is 0 Å². The van der Waals surface area contributed by atoms with Gasteiger partial charge >= 0.3 is 15.2 Å². The fraction of sp³-hybridized carbons (Fsp3) is 0.625. The van der Waals surface area contributed by atoms with Crippen LogP contribution in [0.15, 0.2) is 12.7 Å². The zero-order valence-corrected chi connectivity index (χ0v) is 9.90. The number of hydrogen-bond donors (Lipinski definition) is 2. The van der Waals surface area contributed by atoms with Crippen molar-refractivity contribution in [1.82, 2.24) is 0 Å². The first kappa shape index (κ1) is 15.0. The van der Waals surface area contributed by atoms with E-state index in [1.54, 1.807) is 0 Å². The Hall–Kier alpha value is -0.960. The molecule has 0 aromatic carbocycles. The number of carbonyl (C=O) groups is 1. The molecule has 0 saturated carbocycles. The van der Waals surface area contributed by atoms with Crippen LogP contribution in [0.25, 0.3) is 0 Å². The number of carboxylic acid groups (broad SMARTS) is 1. The molecule has 0 amide bonds. The highest BCUT2D eigenvalue weighted by molar-refractivity contribution is 7.87. The molecule has 94 valence electrons. The summed E-state index contributed by atoms with van der Waals surface area (Å²) in [6.07, 6.45) is 1.69. The predicted octanol–water partition coefficient (Wildman–Crippen LogP) is -2.08. The molecule has 1 unspecified atom stereocenters. The van der Waals surface area contributed by atoms with Crippen LogP contribution in [0.3, 0.4) is 0 Å². The summed E-state index contributed by atoms with van der Waals surface area (Å²) in [5.74, 6) is -2.27. The van der Waals surface area contributed by atoms with Crippen LogP contribution in [-0.2, 0) is 14.9 Å². The highest BCUT2D eigenvalue weighted by Gasteiger charge is 2.57. The molecular formula is C8H15NO6S. The normalized spacial score (nSPS) is 16.5. The third-order valence-electron chi connectivity index (χ3n) is 2.34. The van der Waals surface area contributed by atoms with E-state index in [-0.39, 0.29) is 13.0 Å². The van der Waals surface area contributed by atoms with Crippen molar-refractivity contribution in [2.45, 2.75) is 11.5 Å².